The van der Waals surface area contributed by atoms with E-state index in [2.05, 4.69) is 6.07 Å². The fourth-order valence-corrected chi connectivity index (χ4v) is 2.43. The minimum absolute atomic E-state index is 0.589. The zero-order valence-electron chi connectivity index (χ0n) is 10.5. The van der Waals surface area contributed by atoms with Crippen LogP contribution in [0.3, 0.4) is 0 Å². The molecule has 2 aromatic rings. The quantitative estimate of drug-likeness (QED) is 0.719. The van der Waals surface area contributed by atoms with Crippen LogP contribution in [-0.2, 0) is 5.75 Å². The monoisotopic (exact) mass is 273 g/mol. The van der Waals surface area contributed by atoms with Gasteiger partial charge in [-0.3, -0.25) is 0 Å². The van der Waals surface area contributed by atoms with Gasteiger partial charge in [-0.2, -0.15) is 17.0 Å². The van der Waals surface area contributed by atoms with Crippen molar-refractivity contribution in [3.05, 3.63) is 54.0 Å². The Labute approximate surface area is 117 Å². The Balaban J connectivity index is 1.63. The van der Waals surface area contributed by atoms with Crippen LogP contribution in [0.4, 0.5) is 0 Å². The molecule has 2 rings (SSSR count). The summed E-state index contributed by atoms with van der Waals surface area (Å²) >= 11 is 1.82. The van der Waals surface area contributed by atoms with E-state index in [0.29, 0.717) is 17.9 Å². The van der Waals surface area contributed by atoms with E-state index in [-0.39, 0.29) is 0 Å². The molecule has 0 fully saturated rings. The molecule has 0 N–H and O–H groups in total. The molecule has 19 heavy (non-hydrogen) atoms. The Bertz CT molecular complexity index is 531. The van der Waals surface area contributed by atoms with Crippen molar-refractivity contribution in [1.82, 2.24) is 0 Å². The Morgan fingerprint density at radius 2 is 2.11 bits per heavy atom. The molecule has 0 unspecified atom stereocenters. The van der Waals surface area contributed by atoms with Gasteiger partial charge in [-0.25, -0.2) is 0 Å². The number of nitriles is 1. The molecular formula is C15H15NO2S. The van der Waals surface area contributed by atoms with Crippen molar-refractivity contribution >= 4 is 11.8 Å². The first-order valence-electron chi connectivity index (χ1n) is 6.12. The average Bonchev–Trinajstić information content (AvgIpc) is 2.96. The van der Waals surface area contributed by atoms with Gasteiger partial charge in [0.25, 0.3) is 0 Å². The number of rotatable bonds is 7. The van der Waals surface area contributed by atoms with Crippen molar-refractivity contribution in [3.8, 4) is 11.8 Å². The number of ether oxygens (including phenoxy) is 1. The van der Waals surface area contributed by atoms with E-state index in [4.69, 9.17) is 14.4 Å². The summed E-state index contributed by atoms with van der Waals surface area (Å²) in [7, 11) is 0. The Morgan fingerprint density at radius 1 is 1.21 bits per heavy atom. The van der Waals surface area contributed by atoms with Gasteiger partial charge in [0.1, 0.15) is 17.6 Å². The molecule has 1 aromatic heterocycles. The van der Waals surface area contributed by atoms with Gasteiger partial charge in [0.15, 0.2) is 0 Å². The van der Waals surface area contributed by atoms with Crippen LogP contribution in [-0.4, -0.2) is 12.4 Å². The highest BCUT2D eigenvalue weighted by Gasteiger charge is 2.01. The third-order valence-corrected chi connectivity index (χ3v) is 3.59. The van der Waals surface area contributed by atoms with Crippen LogP contribution in [0.15, 0.2) is 47.1 Å². The molecule has 0 aliphatic carbocycles. The van der Waals surface area contributed by atoms with Gasteiger partial charge in [-0.05, 0) is 36.4 Å². The maximum Gasteiger partial charge on any atom is 0.137 e. The van der Waals surface area contributed by atoms with Gasteiger partial charge in [-0.1, -0.05) is 12.1 Å². The van der Waals surface area contributed by atoms with Crippen molar-refractivity contribution in [2.24, 2.45) is 0 Å². The standard InChI is InChI=1S/C15H15NO2S/c16-11-13-5-1-2-7-15(13)18-9-4-10-19-12-14-6-3-8-17-14/h1-3,5-8H,4,9-10,12H2. The summed E-state index contributed by atoms with van der Waals surface area (Å²) < 4.78 is 10.9. The van der Waals surface area contributed by atoms with Crippen LogP contribution in [0.2, 0.25) is 0 Å². The summed E-state index contributed by atoms with van der Waals surface area (Å²) in [4.78, 5) is 0. The van der Waals surface area contributed by atoms with Crippen LogP contribution in [0.5, 0.6) is 5.75 Å². The lowest BCUT2D eigenvalue weighted by Gasteiger charge is -2.07. The number of thioether (sulfide) groups is 1. The van der Waals surface area contributed by atoms with E-state index in [0.717, 1.165) is 23.7 Å². The first-order valence-corrected chi connectivity index (χ1v) is 7.27. The highest BCUT2D eigenvalue weighted by Crippen LogP contribution is 2.17. The van der Waals surface area contributed by atoms with Crippen LogP contribution in [0.1, 0.15) is 17.7 Å². The second-order valence-corrected chi connectivity index (χ2v) is 5.05. The predicted octanol–water partition coefficient (Wildman–Crippen LogP) is 3.85. The molecule has 4 heteroatoms. The van der Waals surface area contributed by atoms with Gasteiger partial charge >= 0.3 is 0 Å². The van der Waals surface area contributed by atoms with E-state index in [1.165, 1.54) is 0 Å². The molecule has 0 aliphatic heterocycles. The van der Waals surface area contributed by atoms with E-state index in [1.54, 1.807) is 12.3 Å². The Kier molecular flexibility index (Phi) is 5.39. The van der Waals surface area contributed by atoms with Crippen molar-refractivity contribution in [2.45, 2.75) is 12.2 Å². The summed E-state index contributed by atoms with van der Waals surface area (Å²) in [5.41, 5.74) is 0.589. The van der Waals surface area contributed by atoms with Gasteiger partial charge in [0, 0.05) is 0 Å². The maximum atomic E-state index is 8.92. The van der Waals surface area contributed by atoms with Gasteiger partial charge in [0.2, 0.25) is 0 Å². The van der Waals surface area contributed by atoms with Gasteiger partial charge < -0.3 is 9.15 Å². The third-order valence-electron chi connectivity index (χ3n) is 2.52. The maximum absolute atomic E-state index is 8.92. The van der Waals surface area contributed by atoms with Crippen molar-refractivity contribution in [3.63, 3.8) is 0 Å². The van der Waals surface area contributed by atoms with Crippen molar-refractivity contribution in [2.75, 3.05) is 12.4 Å². The molecule has 0 radical (unpaired) electrons. The molecule has 0 bridgehead atoms. The average molecular weight is 273 g/mol. The molecule has 0 spiro atoms. The van der Waals surface area contributed by atoms with E-state index < -0.39 is 0 Å². The molecule has 0 amide bonds. The molecule has 1 heterocycles. The number of para-hydroxylation sites is 1. The smallest absolute Gasteiger partial charge is 0.137 e. The largest absolute Gasteiger partial charge is 0.492 e. The number of hydrogen-bond acceptors (Lipinski definition) is 4. The predicted molar refractivity (Wildman–Crippen MR) is 76.1 cm³/mol. The zero-order chi connectivity index (χ0) is 13.3. The van der Waals surface area contributed by atoms with Crippen LogP contribution in [0, 0.1) is 11.3 Å². The summed E-state index contributed by atoms with van der Waals surface area (Å²) in [6.07, 6.45) is 2.64. The van der Waals surface area contributed by atoms with Crippen LogP contribution >= 0.6 is 11.8 Å². The summed E-state index contributed by atoms with van der Waals surface area (Å²) in [5.74, 6) is 3.57. The van der Waals surface area contributed by atoms with Crippen LogP contribution < -0.4 is 4.74 Å². The summed E-state index contributed by atoms with van der Waals surface area (Å²) in [6.45, 7) is 0.629. The van der Waals surface area contributed by atoms with E-state index in [9.17, 15) is 0 Å². The molecule has 0 saturated carbocycles. The number of nitrogens with zero attached hydrogens (tertiary/aromatic N) is 1. The number of benzene rings is 1. The molecule has 1 aromatic carbocycles. The molecular weight excluding hydrogens is 258 g/mol. The number of furan rings is 1. The number of hydrogen-bond donors (Lipinski definition) is 0. The Hall–Kier alpha value is -1.86. The summed E-state index contributed by atoms with van der Waals surface area (Å²) in [6, 6.07) is 13.3. The first-order chi connectivity index (χ1) is 9.40. The second-order valence-electron chi connectivity index (χ2n) is 3.94. The highest BCUT2D eigenvalue weighted by atomic mass is 32.2. The first kappa shape index (κ1) is 13.6. The molecule has 0 saturated heterocycles. The zero-order valence-corrected chi connectivity index (χ0v) is 11.4. The minimum atomic E-state index is 0.589. The SMILES string of the molecule is N#Cc1ccccc1OCCCSCc1ccco1. The van der Waals surface area contributed by atoms with Crippen LogP contribution in [0.25, 0.3) is 0 Å². The fraction of sp³-hybridized carbons (Fsp3) is 0.267. The minimum Gasteiger partial charge on any atom is -0.492 e. The van der Waals surface area contributed by atoms with Crippen molar-refractivity contribution in [1.29, 1.82) is 5.26 Å². The lowest BCUT2D eigenvalue weighted by atomic mass is 10.2. The normalized spacial score (nSPS) is 10.1. The molecule has 0 aliphatic rings. The van der Waals surface area contributed by atoms with Gasteiger partial charge in [0.05, 0.1) is 24.2 Å². The van der Waals surface area contributed by atoms with Gasteiger partial charge in [-0.15, -0.1) is 0 Å². The van der Waals surface area contributed by atoms with E-state index >= 15 is 0 Å². The topological polar surface area (TPSA) is 46.2 Å². The molecule has 98 valence electrons. The van der Waals surface area contributed by atoms with E-state index in [1.807, 2.05) is 42.1 Å². The molecule has 0 atom stereocenters. The fourth-order valence-electron chi connectivity index (χ4n) is 1.60. The Morgan fingerprint density at radius 3 is 2.89 bits per heavy atom. The molecule has 3 nitrogen and oxygen atoms in total. The van der Waals surface area contributed by atoms with Crippen molar-refractivity contribution < 1.29 is 9.15 Å². The second kappa shape index (κ2) is 7.55. The highest BCUT2D eigenvalue weighted by molar-refractivity contribution is 7.98. The third kappa shape index (κ3) is 4.38. The summed E-state index contributed by atoms with van der Waals surface area (Å²) in [5, 5.41) is 8.92. The lowest BCUT2D eigenvalue weighted by Crippen LogP contribution is -2.00. The lowest BCUT2D eigenvalue weighted by molar-refractivity contribution is 0.318.